The van der Waals surface area contributed by atoms with Crippen LogP contribution in [0.1, 0.15) is 12.1 Å². The van der Waals surface area contributed by atoms with E-state index in [-0.39, 0.29) is 12.4 Å². The zero-order chi connectivity index (χ0) is 10.5. The Morgan fingerprint density at radius 1 is 1.50 bits per heavy atom. The van der Waals surface area contributed by atoms with Crippen molar-refractivity contribution in [2.24, 2.45) is 0 Å². The predicted molar refractivity (Wildman–Crippen MR) is 69.2 cm³/mol. The first-order chi connectivity index (χ1) is 7.40. The van der Waals surface area contributed by atoms with Crippen LogP contribution >= 0.6 is 24.2 Å². The molecule has 0 bridgehead atoms. The Labute approximate surface area is 106 Å². The standard InChI is InChI=1S/C10H16N4S.ClH/c1-15-10-9(12-4-5-13-10)7-14-8-2-3-11-6-8;/h4-5,8,11,14H,2-3,6-7H2,1H3;1H. The molecular formula is C10H17ClN4S. The van der Waals surface area contributed by atoms with Crippen molar-refractivity contribution in [3.05, 3.63) is 18.1 Å². The average molecular weight is 261 g/mol. The third-order valence-corrected chi connectivity index (χ3v) is 3.28. The largest absolute Gasteiger partial charge is 0.315 e. The third kappa shape index (κ3) is 3.59. The molecule has 1 atom stereocenters. The van der Waals surface area contributed by atoms with Crippen molar-refractivity contribution in [3.8, 4) is 0 Å². The van der Waals surface area contributed by atoms with Gasteiger partial charge in [-0.1, -0.05) is 0 Å². The lowest BCUT2D eigenvalue weighted by Gasteiger charge is -2.11. The first-order valence-corrected chi connectivity index (χ1v) is 6.40. The molecule has 2 N–H and O–H groups in total. The summed E-state index contributed by atoms with van der Waals surface area (Å²) in [7, 11) is 0. The summed E-state index contributed by atoms with van der Waals surface area (Å²) >= 11 is 1.65. The second-order valence-electron chi connectivity index (χ2n) is 3.58. The van der Waals surface area contributed by atoms with Crippen molar-refractivity contribution < 1.29 is 0 Å². The maximum Gasteiger partial charge on any atom is 0.119 e. The zero-order valence-electron chi connectivity index (χ0n) is 9.27. The molecule has 90 valence electrons. The quantitative estimate of drug-likeness (QED) is 0.794. The molecule has 2 rings (SSSR count). The first-order valence-electron chi connectivity index (χ1n) is 5.18. The van der Waals surface area contributed by atoms with Crippen LogP contribution in [0, 0.1) is 0 Å². The minimum atomic E-state index is 0. The minimum absolute atomic E-state index is 0. The van der Waals surface area contributed by atoms with Crippen LogP contribution in [0.15, 0.2) is 17.4 Å². The molecule has 0 radical (unpaired) electrons. The highest BCUT2D eigenvalue weighted by Gasteiger charge is 2.14. The lowest BCUT2D eigenvalue weighted by molar-refractivity contribution is 0.535. The summed E-state index contributed by atoms with van der Waals surface area (Å²) in [6.07, 6.45) is 6.73. The van der Waals surface area contributed by atoms with Crippen molar-refractivity contribution in [3.63, 3.8) is 0 Å². The van der Waals surface area contributed by atoms with Gasteiger partial charge in [0.1, 0.15) is 5.03 Å². The Morgan fingerprint density at radius 3 is 3.00 bits per heavy atom. The Hall–Kier alpha value is -0.360. The van der Waals surface area contributed by atoms with E-state index in [0.29, 0.717) is 6.04 Å². The Morgan fingerprint density at radius 2 is 2.31 bits per heavy atom. The van der Waals surface area contributed by atoms with Gasteiger partial charge in [-0.15, -0.1) is 24.2 Å². The van der Waals surface area contributed by atoms with E-state index in [2.05, 4.69) is 20.6 Å². The van der Waals surface area contributed by atoms with Crippen LogP contribution in [0.2, 0.25) is 0 Å². The van der Waals surface area contributed by atoms with Gasteiger partial charge < -0.3 is 10.6 Å². The van der Waals surface area contributed by atoms with Crippen LogP contribution in [0.4, 0.5) is 0 Å². The summed E-state index contributed by atoms with van der Waals surface area (Å²) in [4.78, 5) is 8.63. The van der Waals surface area contributed by atoms with E-state index in [4.69, 9.17) is 0 Å². The number of hydrogen-bond acceptors (Lipinski definition) is 5. The number of thioether (sulfide) groups is 1. The van der Waals surface area contributed by atoms with E-state index >= 15 is 0 Å². The molecule has 1 fully saturated rings. The van der Waals surface area contributed by atoms with Crippen LogP contribution in [0.5, 0.6) is 0 Å². The van der Waals surface area contributed by atoms with Crippen molar-refractivity contribution in [2.75, 3.05) is 19.3 Å². The number of hydrogen-bond donors (Lipinski definition) is 2. The van der Waals surface area contributed by atoms with E-state index in [9.17, 15) is 0 Å². The fraction of sp³-hybridized carbons (Fsp3) is 0.600. The Kier molecular flexibility index (Phi) is 6.05. The van der Waals surface area contributed by atoms with Gasteiger partial charge in [0.2, 0.25) is 0 Å². The van der Waals surface area contributed by atoms with Gasteiger partial charge in [0.25, 0.3) is 0 Å². The number of rotatable bonds is 4. The number of halogens is 1. The van der Waals surface area contributed by atoms with Gasteiger partial charge in [-0.3, -0.25) is 4.98 Å². The molecule has 0 aromatic carbocycles. The number of aromatic nitrogens is 2. The maximum atomic E-state index is 4.34. The molecule has 4 nitrogen and oxygen atoms in total. The molecule has 1 aliphatic heterocycles. The van der Waals surface area contributed by atoms with Gasteiger partial charge in [0.05, 0.1) is 5.69 Å². The van der Waals surface area contributed by atoms with E-state index in [1.54, 1.807) is 24.2 Å². The van der Waals surface area contributed by atoms with E-state index in [1.165, 1.54) is 6.42 Å². The molecule has 2 heterocycles. The molecule has 0 amide bonds. The molecule has 1 unspecified atom stereocenters. The lowest BCUT2D eigenvalue weighted by atomic mass is 10.2. The number of nitrogens with zero attached hydrogens (tertiary/aromatic N) is 2. The van der Waals surface area contributed by atoms with E-state index in [0.717, 1.165) is 30.4 Å². The fourth-order valence-corrected chi connectivity index (χ4v) is 2.24. The van der Waals surface area contributed by atoms with Gasteiger partial charge in [-0.25, -0.2) is 4.98 Å². The summed E-state index contributed by atoms with van der Waals surface area (Å²) in [5, 5.41) is 7.85. The van der Waals surface area contributed by atoms with Gasteiger partial charge in [0.15, 0.2) is 0 Å². The van der Waals surface area contributed by atoms with E-state index < -0.39 is 0 Å². The van der Waals surface area contributed by atoms with Crippen molar-refractivity contribution in [1.82, 2.24) is 20.6 Å². The first kappa shape index (κ1) is 13.7. The molecule has 16 heavy (non-hydrogen) atoms. The topological polar surface area (TPSA) is 49.8 Å². The summed E-state index contributed by atoms with van der Waals surface area (Å²) in [5.41, 5.74) is 1.05. The van der Waals surface area contributed by atoms with Crippen LogP contribution < -0.4 is 10.6 Å². The van der Waals surface area contributed by atoms with Crippen LogP contribution in [0.25, 0.3) is 0 Å². The molecule has 1 aromatic rings. The van der Waals surface area contributed by atoms with Crippen LogP contribution in [0.3, 0.4) is 0 Å². The highest BCUT2D eigenvalue weighted by Crippen LogP contribution is 2.14. The highest BCUT2D eigenvalue weighted by molar-refractivity contribution is 7.98. The average Bonchev–Trinajstić information content (AvgIpc) is 2.79. The van der Waals surface area contributed by atoms with Gasteiger partial charge in [0, 0.05) is 31.5 Å². The maximum absolute atomic E-state index is 4.34. The molecule has 1 aliphatic rings. The zero-order valence-corrected chi connectivity index (χ0v) is 10.9. The monoisotopic (exact) mass is 260 g/mol. The van der Waals surface area contributed by atoms with Gasteiger partial charge >= 0.3 is 0 Å². The molecule has 0 saturated carbocycles. The summed E-state index contributed by atoms with van der Waals surface area (Å²) < 4.78 is 0. The summed E-state index contributed by atoms with van der Waals surface area (Å²) in [5.74, 6) is 0. The second-order valence-corrected chi connectivity index (χ2v) is 4.38. The van der Waals surface area contributed by atoms with Crippen molar-refractivity contribution >= 4 is 24.2 Å². The van der Waals surface area contributed by atoms with Crippen molar-refractivity contribution in [1.29, 1.82) is 0 Å². The third-order valence-electron chi connectivity index (χ3n) is 2.55. The van der Waals surface area contributed by atoms with Crippen LogP contribution in [-0.4, -0.2) is 35.4 Å². The lowest BCUT2D eigenvalue weighted by Crippen LogP contribution is -2.30. The number of nitrogens with one attached hydrogen (secondary N) is 2. The van der Waals surface area contributed by atoms with Crippen LogP contribution in [-0.2, 0) is 6.54 Å². The summed E-state index contributed by atoms with van der Waals surface area (Å²) in [6.45, 7) is 3.00. The highest BCUT2D eigenvalue weighted by atomic mass is 35.5. The van der Waals surface area contributed by atoms with Crippen molar-refractivity contribution in [2.45, 2.75) is 24.0 Å². The SMILES string of the molecule is CSc1nccnc1CNC1CCNC1.Cl. The molecule has 1 aromatic heterocycles. The molecular weight excluding hydrogens is 244 g/mol. The smallest absolute Gasteiger partial charge is 0.119 e. The normalized spacial score (nSPS) is 19.4. The Balaban J connectivity index is 0.00000128. The fourth-order valence-electron chi connectivity index (χ4n) is 1.72. The molecule has 0 aliphatic carbocycles. The minimum Gasteiger partial charge on any atom is -0.315 e. The predicted octanol–water partition coefficient (Wildman–Crippen LogP) is 1.07. The molecule has 1 saturated heterocycles. The second kappa shape index (κ2) is 7.06. The Bertz CT molecular complexity index is 317. The summed E-state index contributed by atoms with van der Waals surface area (Å²) in [6, 6.07) is 0.585. The molecule has 0 spiro atoms. The van der Waals surface area contributed by atoms with Gasteiger partial charge in [-0.2, -0.15) is 0 Å². The van der Waals surface area contributed by atoms with Gasteiger partial charge in [-0.05, 0) is 19.2 Å². The van der Waals surface area contributed by atoms with E-state index in [1.807, 2.05) is 6.26 Å². The molecule has 6 heteroatoms.